The number of methoxy groups -OCH3 is 2. The van der Waals surface area contributed by atoms with Gasteiger partial charge < -0.3 is 19.5 Å². The smallest absolute Gasteiger partial charge is 0.367 e. The van der Waals surface area contributed by atoms with Crippen molar-refractivity contribution in [3.05, 3.63) is 24.3 Å². The van der Waals surface area contributed by atoms with Crippen LogP contribution in [-0.4, -0.2) is 42.7 Å². The molecular formula is C15H19NO6S. The Balaban J connectivity index is 2.60. The molecule has 1 aromatic carbocycles. The summed E-state index contributed by atoms with van der Waals surface area (Å²) in [5, 5.41) is 1.22. The zero-order valence-electron chi connectivity index (χ0n) is 13.3. The molecule has 2 atom stereocenters. The summed E-state index contributed by atoms with van der Waals surface area (Å²) in [5.41, 5.74) is 0. The van der Waals surface area contributed by atoms with Gasteiger partial charge in [0.25, 0.3) is 0 Å². The van der Waals surface area contributed by atoms with Gasteiger partial charge >= 0.3 is 11.3 Å². The molecular weight excluding hydrogens is 322 g/mol. The van der Waals surface area contributed by atoms with Crippen molar-refractivity contribution in [1.82, 2.24) is 5.32 Å². The van der Waals surface area contributed by atoms with Gasteiger partial charge in [-0.05, 0) is 37.7 Å². The van der Waals surface area contributed by atoms with E-state index >= 15 is 0 Å². The Morgan fingerprint density at radius 3 is 2.26 bits per heavy atom. The van der Waals surface area contributed by atoms with Gasteiger partial charge in [0.15, 0.2) is 11.5 Å². The number of carbonyl (C=O) groups is 3. The number of hydrogen-bond donors (Lipinski definition) is 1. The molecule has 8 heteroatoms. The SMILES string of the molecule is COC(=O)SC(C)C(=O)N[C@@H](C)C(=O)Oc1ccccc1OC. The Morgan fingerprint density at radius 2 is 1.70 bits per heavy atom. The highest BCUT2D eigenvalue weighted by Crippen LogP contribution is 2.26. The summed E-state index contributed by atoms with van der Waals surface area (Å²) in [7, 11) is 2.69. The third-order valence-electron chi connectivity index (χ3n) is 2.80. The summed E-state index contributed by atoms with van der Waals surface area (Å²) in [6, 6.07) is 5.80. The number of nitrogens with one attached hydrogen (secondary N) is 1. The van der Waals surface area contributed by atoms with Gasteiger partial charge in [0.05, 0.1) is 19.5 Å². The second-order valence-electron chi connectivity index (χ2n) is 4.52. The van der Waals surface area contributed by atoms with Crippen molar-refractivity contribution < 1.29 is 28.6 Å². The minimum Gasteiger partial charge on any atom is -0.493 e. The number of carbonyl (C=O) groups excluding carboxylic acids is 3. The molecule has 1 unspecified atom stereocenters. The van der Waals surface area contributed by atoms with Crippen LogP contribution in [0.1, 0.15) is 13.8 Å². The molecule has 0 spiro atoms. The topological polar surface area (TPSA) is 90.9 Å². The lowest BCUT2D eigenvalue weighted by Gasteiger charge is -2.16. The van der Waals surface area contributed by atoms with Crippen LogP contribution in [0.5, 0.6) is 11.5 Å². The first kappa shape index (κ1) is 18.8. The van der Waals surface area contributed by atoms with E-state index in [4.69, 9.17) is 9.47 Å². The number of benzene rings is 1. The van der Waals surface area contributed by atoms with Crippen LogP contribution in [0.15, 0.2) is 24.3 Å². The fourth-order valence-electron chi connectivity index (χ4n) is 1.54. The molecule has 1 rings (SSSR count). The van der Waals surface area contributed by atoms with Gasteiger partial charge in [0, 0.05) is 0 Å². The number of thioether (sulfide) groups is 1. The van der Waals surface area contributed by atoms with E-state index in [0.29, 0.717) is 5.75 Å². The Labute approximate surface area is 138 Å². The van der Waals surface area contributed by atoms with Crippen LogP contribution in [0.2, 0.25) is 0 Å². The molecule has 23 heavy (non-hydrogen) atoms. The van der Waals surface area contributed by atoms with Crippen molar-refractivity contribution in [2.75, 3.05) is 14.2 Å². The standard InChI is InChI=1S/C15H19NO6S/c1-9(16-13(17)10(2)23-15(19)21-4)14(18)22-12-8-6-5-7-11(12)20-3/h5-10H,1-4H3,(H,16,17)/t9-,10?/m0/s1. The summed E-state index contributed by atoms with van der Waals surface area (Å²) in [4.78, 5) is 35.1. The zero-order chi connectivity index (χ0) is 17.4. The van der Waals surface area contributed by atoms with E-state index in [-0.39, 0.29) is 5.75 Å². The van der Waals surface area contributed by atoms with E-state index in [1.165, 1.54) is 28.1 Å². The van der Waals surface area contributed by atoms with Crippen LogP contribution in [-0.2, 0) is 14.3 Å². The van der Waals surface area contributed by atoms with Gasteiger partial charge in [-0.3, -0.25) is 4.79 Å². The normalized spacial score (nSPS) is 12.7. The number of para-hydroxylation sites is 2. The average molecular weight is 341 g/mol. The highest BCUT2D eigenvalue weighted by molar-refractivity contribution is 8.14. The summed E-state index contributed by atoms with van der Waals surface area (Å²) >= 11 is 0.726. The molecule has 7 nitrogen and oxygen atoms in total. The van der Waals surface area contributed by atoms with E-state index < -0.39 is 28.5 Å². The lowest BCUT2D eigenvalue weighted by atomic mass is 10.3. The van der Waals surface area contributed by atoms with Crippen molar-refractivity contribution in [1.29, 1.82) is 0 Å². The maximum absolute atomic E-state index is 12.0. The third-order valence-corrected chi connectivity index (χ3v) is 3.73. The molecule has 0 aliphatic heterocycles. The molecule has 0 bridgehead atoms. The molecule has 0 aromatic heterocycles. The Hall–Kier alpha value is -2.22. The van der Waals surface area contributed by atoms with Gasteiger partial charge in [-0.2, -0.15) is 0 Å². The molecule has 1 N–H and O–H groups in total. The largest absolute Gasteiger partial charge is 0.493 e. The van der Waals surface area contributed by atoms with E-state index in [0.717, 1.165) is 11.8 Å². The third kappa shape index (κ3) is 5.82. The van der Waals surface area contributed by atoms with Gasteiger partial charge in [-0.15, -0.1) is 0 Å². The predicted octanol–water partition coefficient (Wildman–Crippen LogP) is 1.99. The fourth-order valence-corrected chi connectivity index (χ4v) is 2.10. The van der Waals surface area contributed by atoms with E-state index in [2.05, 4.69) is 10.1 Å². The summed E-state index contributed by atoms with van der Waals surface area (Å²) in [6.45, 7) is 3.03. The lowest BCUT2D eigenvalue weighted by Crippen LogP contribution is -2.44. The van der Waals surface area contributed by atoms with Crippen molar-refractivity contribution >= 4 is 28.9 Å². The molecule has 0 fully saturated rings. The Kier molecular flexibility index (Phi) is 7.40. The molecule has 0 aliphatic carbocycles. The molecule has 0 saturated carbocycles. The highest BCUT2D eigenvalue weighted by Gasteiger charge is 2.24. The van der Waals surface area contributed by atoms with Crippen molar-refractivity contribution in [3.8, 4) is 11.5 Å². The van der Waals surface area contributed by atoms with Gasteiger partial charge in [-0.1, -0.05) is 12.1 Å². The van der Waals surface area contributed by atoms with Crippen LogP contribution < -0.4 is 14.8 Å². The van der Waals surface area contributed by atoms with Crippen molar-refractivity contribution in [2.24, 2.45) is 0 Å². The van der Waals surface area contributed by atoms with Crippen molar-refractivity contribution in [3.63, 3.8) is 0 Å². The van der Waals surface area contributed by atoms with Crippen LogP contribution in [0.25, 0.3) is 0 Å². The first-order chi connectivity index (χ1) is 10.9. The quantitative estimate of drug-likeness (QED) is 0.625. The summed E-state index contributed by atoms with van der Waals surface area (Å²) in [5.74, 6) is -0.435. The highest BCUT2D eigenvalue weighted by atomic mass is 32.2. The van der Waals surface area contributed by atoms with E-state index in [1.807, 2.05) is 0 Å². The number of rotatable bonds is 6. The summed E-state index contributed by atoms with van der Waals surface area (Å²) in [6.07, 6.45) is 0. The second-order valence-corrected chi connectivity index (χ2v) is 5.79. The van der Waals surface area contributed by atoms with Gasteiger partial charge in [-0.25, -0.2) is 9.59 Å². The molecule has 126 valence electrons. The zero-order valence-corrected chi connectivity index (χ0v) is 14.1. The number of amides is 1. The Bertz CT molecular complexity index is 577. The molecule has 0 saturated heterocycles. The first-order valence-electron chi connectivity index (χ1n) is 6.78. The van der Waals surface area contributed by atoms with Gasteiger partial charge in [0.1, 0.15) is 6.04 Å². The molecule has 0 radical (unpaired) electrons. The summed E-state index contributed by atoms with van der Waals surface area (Å²) < 4.78 is 14.8. The number of hydrogen-bond acceptors (Lipinski definition) is 7. The molecule has 1 amide bonds. The number of esters is 1. The second kappa shape index (κ2) is 9.04. The van der Waals surface area contributed by atoms with E-state index in [1.54, 1.807) is 24.3 Å². The van der Waals surface area contributed by atoms with Gasteiger partial charge in [0.2, 0.25) is 5.91 Å². The van der Waals surface area contributed by atoms with E-state index in [9.17, 15) is 14.4 Å². The Morgan fingerprint density at radius 1 is 1.09 bits per heavy atom. The van der Waals surface area contributed by atoms with Crippen LogP contribution in [0.4, 0.5) is 4.79 Å². The fraction of sp³-hybridized carbons (Fsp3) is 0.400. The predicted molar refractivity (Wildman–Crippen MR) is 85.7 cm³/mol. The monoisotopic (exact) mass is 341 g/mol. The molecule has 0 aliphatic rings. The first-order valence-corrected chi connectivity index (χ1v) is 7.66. The van der Waals surface area contributed by atoms with Crippen molar-refractivity contribution in [2.45, 2.75) is 25.1 Å². The maximum atomic E-state index is 12.0. The lowest BCUT2D eigenvalue weighted by molar-refractivity contribution is -0.138. The average Bonchev–Trinajstić information content (AvgIpc) is 2.54. The minimum absolute atomic E-state index is 0.262. The van der Waals surface area contributed by atoms with Crippen LogP contribution in [0.3, 0.4) is 0 Å². The van der Waals surface area contributed by atoms with Crippen LogP contribution >= 0.6 is 11.8 Å². The maximum Gasteiger partial charge on any atom is 0.367 e. The number of ether oxygens (including phenoxy) is 3. The van der Waals surface area contributed by atoms with Crippen LogP contribution in [0, 0.1) is 0 Å². The molecule has 0 heterocycles. The molecule has 1 aromatic rings. The minimum atomic E-state index is -0.881.